The maximum absolute atomic E-state index is 12.5. The molecule has 0 aliphatic heterocycles. The first-order valence-electron chi connectivity index (χ1n) is 9.59. The first-order valence-corrected chi connectivity index (χ1v) is 10.3. The number of hydrogen-bond acceptors (Lipinski definition) is 3. The lowest BCUT2D eigenvalue weighted by atomic mass is 10.0. The highest BCUT2D eigenvalue weighted by Gasteiger charge is 2.08. The monoisotopic (exact) mass is 448 g/mol. The summed E-state index contributed by atoms with van der Waals surface area (Å²) in [7, 11) is 0. The molecule has 6 heteroatoms. The van der Waals surface area contributed by atoms with E-state index in [-0.39, 0.29) is 12.5 Å². The van der Waals surface area contributed by atoms with Crippen molar-refractivity contribution in [3.63, 3.8) is 0 Å². The van der Waals surface area contributed by atoms with Crippen molar-refractivity contribution in [2.75, 3.05) is 0 Å². The predicted octanol–water partition coefficient (Wildman–Crippen LogP) is 6.49. The van der Waals surface area contributed by atoms with Crippen LogP contribution in [0.15, 0.2) is 90.0 Å². The van der Waals surface area contributed by atoms with Crippen LogP contribution in [0.3, 0.4) is 0 Å². The summed E-state index contributed by atoms with van der Waals surface area (Å²) in [4.78, 5) is 12.5. The average Bonchev–Trinajstić information content (AvgIpc) is 2.79. The Morgan fingerprint density at radius 1 is 0.871 bits per heavy atom. The average molecular weight is 449 g/mol. The summed E-state index contributed by atoms with van der Waals surface area (Å²) in [6, 6.07) is 26.0. The van der Waals surface area contributed by atoms with Crippen molar-refractivity contribution >= 4 is 46.1 Å². The number of halogens is 2. The van der Waals surface area contributed by atoms with Crippen molar-refractivity contribution in [3.8, 4) is 5.75 Å². The highest BCUT2D eigenvalue weighted by molar-refractivity contribution is 6.35. The van der Waals surface area contributed by atoms with Gasteiger partial charge in [-0.25, -0.2) is 5.43 Å². The van der Waals surface area contributed by atoms with Gasteiger partial charge in [0, 0.05) is 21.2 Å². The minimum absolute atomic E-state index is 0.260. The van der Waals surface area contributed by atoms with E-state index in [1.807, 2.05) is 60.7 Å². The molecule has 154 valence electrons. The van der Waals surface area contributed by atoms with E-state index in [0.29, 0.717) is 21.4 Å². The molecule has 1 N–H and O–H groups in total. The number of amides is 1. The van der Waals surface area contributed by atoms with Crippen molar-refractivity contribution in [1.29, 1.82) is 0 Å². The summed E-state index contributed by atoms with van der Waals surface area (Å²) in [5, 5.41) is 7.10. The van der Waals surface area contributed by atoms with Gasteiger partial charge in [-0.05, 0) is 58.8 Å². The van der Waals surface area contributed by atoms with Gasteiger partial charge >= 0.3 is 0 Å². The highest BCUT2D eigenvalue weighted by atomic mass is 35.5. The molecule has 0 saturated heterocycles. The third kappa shape index (κ3) is 5.05. The summed E-state index contributed by atoms with van der Waals surface area (Å²) >= 11 is 12.3. The lowest BCUT2D eigenvalue weighted by Gasteiger charge is -2.09. The van der Waals surface area contributed by atoms with Gasteiger partial charge in [0.1, 0.15) is 12.4 Å². The number of hydrogen-bond donors (Lipinski definition) is 1. The molecule has 0 bridgehead atoms. The Labute approximate surface area is 190 Å². The van der Waals surface area contributed by atoms with Crippen LogP contribution in [0.1, 0.15) is 21.5 Å². The summed E-state index contributed by atoms with van der Waals surface area (Å²) in [5.74, 6) is 0.414. The fraction of sp³-hybridized carbons (Fsp3) is 0.0400. The first-order chi connectivity index (χ1) is 15.1. The molecule has 0 fully saturated rings. The third-order valence-corrected chi connectivity index (χ3v) is 5.45. The van der Waals surface area contributed by atoms with Crippen LogP contribution in [0.4, 0.5) is 0 Å². The van der Waals surface area contributed by atoms with Gasteiger partial charge in [-0.15, -0.1) is 0 Å². The van der Waals surface area contributed by atoms with Gasteiger partial charge in [0.2, 0.25) is 0 Å². The standard InChI is InChI=1S/C25H18Cl2N2O2/c26-23-9-4-10-24(27)22(23)16-31-19-13-11-17(12-14-19)15-28-29-25(30)21-8-3-6-18-5-1-2-7-20(18)21/h1-15H,16H2,(H,29,30)/b28-15-. The molecule has 0 spiro atoms. The lowest BCUT2D eigenvalue weighted by molar-refractivity contribution is 0.0957. The number of hydrazone groups is 1. The van der Waals surface area contributed by atoms with Crippen LogP contribution in [-0.4, -0.2) is 12.1 Å². The fourth-order valence-electron chi connectivity index (χ4n) is 3.12. The number of rotatable bonds is 6. The van der Waals surface area contributed by atoms with E-state index >= 15 is 0 Å². The van der Waals surface area contributed by atoms with Gasteiger partial charge in [-0.2, -0.15) is 5.10 Å². The molecule has 0 aliphatic carbocycles. The first kappa shape index (κ1) is 20.9. The Morgan fingerprint density at radius 3 is 2.32 bits per heavy atom. The zero-order valence-corrected chi connectivity index (χ0v) is 17.9. The second kappa shape index (κ2) is 9.65. The van der Waals surface area contributed by atoms with Crippen LogP contribution in [0.5, 0.6) is 5.75 Å². The Hall–Kier alpha value is -3.34. The SMILES string of the molecule is O=C(N/N=C\c1ccc(OCc2c(Cl)cccc2Cl)cc1)c1cccc2ccccc12. The maximum Gasteiger partial charge on any atom is 0.271 e. The molecule has 0 aromatic heterocycles. The van der Waals surface area contributed by atoms with E-state index in [0.717, 1.165) is 21.9 Å². The molecule has 0 atom stereocenters. The molecule has 4 nitrogen and oxygen atoms in total. The Kier molecular flexibility index (Phi) is 6.51. The zero-order valence-electron chi connectivity index (χ0n) is 16.4. The van der Waals surface area contributed by atoms with Crippen LogP contribution < -0.4 is 10.2 Å². The minimum Gasteiger partial charge on any atom is -0.489 e. The number of benzene rings is 4. The van der Waals surface area contributed by atoms with Crippen LogP contribution in [-0.2, 0) is 6.61 Å². The number of carbonyl (C=O) groups is 1. The van der Waals surface area contributed by atoms with Crippen LogP contribution in [0.25, 0.3) is 10.8 Å². The molecular formula is C25H18Cl2N2O2. The Balaban J connectivity index is 1.37. The van der Waals surface area contributed by atoms with E-state index in [4.69, 9.17) is 27.9 Å². The molecule has 0 aliphatic rings. The quantitative estimate of drug-likeness (QED) is 0.270. The lowest BCUT2D eigenvalue weighted by Crippen LogP contribution is -2.17. The van der Waals surface area contributed by atoms with Crippen molar-refractivity contribution in [1.82, 2.24) is 5.43 Å². The van der Waals surface area contributed by atoms with Crippen LogP contribution in [0, 0.1) is 0 Å². The molecule has 0 heterocycles. The van der Waals surface area contributed by atoms with Crippen LogP contribution >= 0.6 is 23.2 Å². The molecule has 4 aromatic carbocycles. The number of fused-ring (bicyclic) bond motifs is 1. The van der Waals surface area contributed by atoms with E-state index in [2.05, 4.69) is 10.5 Å². The number of nitrogens with zero attached hydrogens (tertiary/aromatic N) is 1. The Morgan fingerprint density at radius 2 is 1.55 bits per heavy atom. The van der Waals surface area contributed by atoms with Crippen molar-refractivity contribution < 1.29 is 9.53 Å². The zero-order chi connectivity index (χ0) is 21.6. The molecule has 4 rings (SSSR count). The topological polar surface area (TPSA) is 50.7 Å². The Bertz CT molecular complexity index is 1230. The molecule has 1 amide bonds. The van der Waals surface area contributed by atoms with Crippen LogP contribution in [0.2, 0.25) is 10.0 Å². The summed E-state index contributed by atoms with van der Waals surface area (Å²) in [5.41, 5.74) is 4.73. The minimum atomic E-state index is -0.260. The molecular weight excluding hydrogens is 431 g/mol. The summed E-state index contributed by atoms with van der Waals surface area (Å²) in [6.45, 7) is 0.271. The van der Waals surface area contributed by atoms with Gasteiger partial charge in [0.05, 0.1) is 6.21 Å². The predicted molar refractivity (Wildman–Crippen MR) is 126 cm³/mol. The van der Waals surface area contributed by atoms with E-state index in [1.165, 1.54) is 0 Å². The second-order valence-corrected chi connectivity index (χ2v) is 7.60. The fourth-order valence-corrected chi connectivity index (χ4v) is 3.63. The molecule has 0 radical (unpaired) electrons. The number of ether oxygens (including phenoxy) is 1. The molecule has 4 aromatic rings. The molecule has 31 heavy (non-hydrogen) atoms. The van der Waals surface area contributed by atoms with E-state index in [1.54, 1.807) is 30.5 Å². The van der Waals surface area contributed by atoms with Crippen molar-refractivity contribution in [2.45, 2.75) is 6.61 Å². The highest BCUT2D eigenvalue weighted by Crippen LogP contribution is 2.26. The van der Waals surface area contributed by atoms with Gasteiger partial charge in [0.25, 0.3) is 5.91 Å². The van der Waals surface area contributed by atoms with E-state index in [9.17, 15) is 4.79 Å². The van der Waals surface area contributed by atoms with Crippen molar-refractivity contribution in [2.24, 2.45) is 5.10 Å². The number of nitrogens with one attached hydrogen (secondary N) is 1. The smallest absolute Gasteiger partial charge is 0.271 e. The third-order valence-electron chi connectivity index (χ3n) is 4.74. The molecule has 0 unspecified atom stereocenters. The molecule has 0 saturated carbocycles. The van der Waals surface area contributed by atoms with Crippen molar-refractivity contribution in [3.05, 3.63) is 112 Å². The largest absolute Gasteiger partial charge is 0.489 e. The van der Waals surface area contributed by atoms with Gasteiger partial charge in [-0.1, -0.05) is 65.7 Å². The van der Waals surface area contributed by atoms with Gasteiger partial charge < -0.3 is 4.74 Å². The summed E-state index contributed by atoms with van der Waals surface area (Å²) < 4.78 is 5.77. The second-order valence-electron chi connectivity index (χ2n) is 6.78. The number of carbonyl (C=O) groups excluding carboxylic acids is 1. The van der Waals surface area contributed by atoms with E-state index < -0.39 is 0 Å². The van der Waals surface area contributed by atoms with Gasteiger partial charge in [0.15, 0.2) is 0 Å². The normalized spacial score (nSPS) is 11.0. The summed E-state index contributed by atoms with van der Waals surface area (Å²) in [6.07, 6.45) is 1.58. The maximum atomic E-state index is 12.5. The van der Waals surface area contributed by atoms with Gasteiger partial charge in [-0.3, -0.25) is 4.79 Å².